The Morgan fingerprint density at radius 2 is 1.20 bits per heavy atom. The van der Waals surface area contributed by atoms with E-state index in [2.05, 4.69) is 10.6 Å². The minimum atomic E-state index is -0.892. The van der Waals surface area contributed by atoms with Gasteiger partial charge in [0.2, 0.25) is 0 Å². The summed E-state index contributed by atoms with van der Waals surface area (Å²) in [5, 5.41) is 5.14. The second kappa shape index (κ2) is 8.77. The van der Waals surface area contributed by atoms with Gasteiger partial charge in [0.15, 0.2) is 0 Å². The molecule has 1 atom stereocenters. The van der Waals surface area contributed by atoms with Crippen LogP contribution in [-0.4, -0.2) is 11.8 Å². The van der Waals surface area contributed by atoms with E-state index in [1.165, 1.54) is 0 Å². The predicted octanol–water partition coefficient (Wildman–Crippen LogP) is 4.99. The molecule has 3 rings (SSSR count). The highest BCUT2D eigenvalue weighted by molar-refractivity contribution is 6.04. The molecule has 2 amide bonds. The van der Waals surface area contributed by atoms with Crippen LogP contribution in [0.15, 0.2) is 60.7 Å². The maximum atomic E-state index is 13.4. The lowest BCUT2D eigenvalue weighted by molar-refractivity contribution is 0.0938. The molecule has 30 heavy (non-hydrogen) atoms. The van der Waals surface area contributed by atoms with Crippen molar-refractivity contribution in [3.8, 4) is 0 Å². The Balaban J connectivity index is 1.80. The summed E-state index contributed by atoms with van der Waals surface area (Å²) < 4.78 is 53.5. The molecule has 0 aromatic heterocycles. The Bertz CT molecular complexity index is 1080. The number of carbonyl (C=O) groups excluding carboxylic acids is 2. The molecule has 0 bridgehead atoms. The van der Waals surface area contributed by atoms with E-state index in [0.717, 1.165) is 24.3 Å². The molecule has 4 nitrogen and oxygen atoms in total. The van der Waals surface area contributed by atoms with Crippen LogP contribution in [0, 0.1) is 23.3 Å². The zero-order valence-corrected chi connectivity index (χ0v) is 15.7. The minimum Gasteiger partial charge on any atom is -0.345 e. The highest BCUT2D eigenvalue weighted by Gasteiger charge is 2.18. The first-order chi connectivity index (χ1) is 14.2. The van der Waals surface area contributed by atoms with Crippen LogP contribution in [0.25, 0.3) is 0 Å². The summed E-state index contributed by atoms with van der Waals surface area (Å²) in [5.74, 6) is -5.01. The lowest BCUT2D eigenvalue weighted by atomic mass is 10.0. The van der Waals surface area contributed by atoms with E-state index in [1.54, 1.807) is 31.2 Å². The summed E-state index contributed by atoms with van der Waals surface area (Å²) in [4.78, 5) is 24.7. The average molecular weight is 416 g/mol. The Hall–Kier alpha value is -3.68. The third kappa shape index (κ3) is 5.02. The molecule has 3 aromatic carbocycles. The monoisotopic (exact) mass is 416 g/mol. The summed E-state index contributed by atoms with van der Waals surface area (Å²) in [5.41, 5.74) is 0.365. The Kier molecular flexibility index (Phi) is 6.15. The largest absolute Gasteiger partial charge is 0.345 e. The van der Waals surface area contributed by atoms with E-state index in [-0.39, 0.29) is 11.1 Å². The highest BCUT2D eigenvalue weighted by atomic mass is 19.1. The molecule has 0 aliphatic carbocycles. The molecule has 0 unspecified atom stereocenters. The van der Waals surface area contributed by atoms with Crippen molar-refractivity contribution in [3.63, 3.8) is 0 Å². The van der Waals surface area contributed by atoms with Gasteiger partial charge in [0, 0.05) is 28.9 Å². The van der Waals surface area contributed by atoms with Crippen molar-refractivity contribution in [2.24, 2.45) is 0 Å². The van der Waals surface area contributed by atoms with E-state index in [0.29, 0.717) is 23.4 Å². The number of carbonyl (C=O) groups is 2. The molecular weight excluding hydrogens is 400 g/mol. The Morgan fingerprint density at radius 1 is 0.733 bits per heavy atom. The van der Waals surface area contributed by atoms with Gasteiger partial charge in [-0.2, -0.15) is 0 Å². The van der Waals surface area contributed by atoms with Crippen LogP contribution in [-0.2, 0) is 0 Å². The Morgan fingerprint density at radius 3 is 1.73 bits per heavy atom. The zero-order chi connectivity index (χ0) is 21.8. The predicted molar refractivity (Wildman–Crippen MR) is 103 cm³/mol. The fourth-order valence-electron chi connectivity index (χ4n) is 2.91. The molecule has 0 heterocycles. The topological polar surface area (TPSA) is 58.2 Å². The molecule has 0 fully saturated rings. The van der Waals surface area contributed by atoms with Crippen molar-refractivity contribution < 1.29 is 27.2 Å². The van der Waals surface area contributed by atoms with E-state index < -0.39 is 41.1 Å². The highest BCUT2D eigenvalue weighted by Crippen LogP contribution is 2.24. The number of anilines is 1. The zero-order valence-electron chi connectivity index (χ0n) is 15.7. The standard InChI is InChI=1S/C22H16F4N2O2/c1-12(27-21(29)13-6-15(23)10-16(24)7-13)19-4-2-3-5-20(19)28-22(30)14-8-17(25)11-18(26)9-14/h2-12H,1H3,(H,27,29)(H,28,30)/t12-/m0/s1. The van der Waals surface area contributed by atoms with Crippen LogP contribution in [0.4, 0.5) is 23.2 Å². The second-order valence-electron chi connectivity index (χ2n) is 6.55. The van der Waals surface area contributed by atoms with Gasteiger partial charge in [0.05, 0.1) is 6.04 Å². The molecule has 0 saturated heterocycles. The van der Waals surface area contributed by atoms with Crippen molar-refractivity contribution in [2.75, 3.05) is 5.32 Å². The molecule has 8 heteroatoms. The number of hydrogen-bond acceptors (Lipinski definition) is 2. The van der Waals surface area contributed by atoms with E-state index in [1.807, 2.05) is 0 Å². The maximum absolute atomic E-state index is 13.4. The third-order valence-corrected chi connectivity index (χ3v) is 4.27. The smallest absolute Gasteiger partial charge is 0.255 e. The van der Waals surface area contributed by atoms with Crippen LogP contribution in [0.5, 0.6) is 0 Å². The Labute approximate surface area is 169 Å². The number of rotatable bonds is 5. The van der Waals surface area contributed by atoms with Gasteiger partial charge in [-0.25, -0.2) is 17.6 Å². The SMILES string of the molecule is C[C@H](NC(=O)c1cc(F)cc(F)c1)c1ccccc1NC(=O)c1cc(F)cc(F)c1. The molecule has 3 aromatic rings. The fourth-order valence-corrected chi connectivity index (χ4v) is 2.91. The van der Waals surface area contributed by atoms with Gasteiger partial charge < -0.3 is 10.6 Å². The van der Waals surface area contributed by atoms with Crippen molar-refractivity contribution in [2.45, 2.75) is 13.0 Å². The molecular formula is C22H16F4N2O2. The van der Waals surface area contributed by atoms with Crippen molar-refractivity contribution >= 4 is 17.5 Å². The van der Waals surface area contributed by atoms with Gasteiger partial charge in [-0.15, -0.1) is 0 Å². The van der Waals surface area contributed by atoms with Crippen molar-refractivity contribution in [1.29, 1.82) is 0 Å². The minimum absolute atomic E-state index is 0.198. The quantitative estimate of drug-likeness (QED) is 0.576. The summed E-state index contributed by atoms with van der Waals surface area (Å²) in [6.07, 6.45) is 0. The van der Waals surface area contributed by atoms with Crippen LogP contribution in [0.1, 0.15) is 39.2 Å². The summed E-state index contributed by atoms with van der Waals surface area (Å²) in [6, 6.07) is 10.7. The third-order valence-electron chi connectivity index (χ3n) is 4.27. The second-order valence-corrected chi connectivity index (χ2v) is 6.55. The lowest BCUT2D eigenvalue weighted by Gasteiger charge is -2.19. The first-order valence-corrected chi connectivity index (χ1v) is 8.86. The van der Waals surface area contributed by atoms with Crippen molar-refractivity contribution in [1.82, 2.24) is 5.32 Å². The lowest BCUT2D eigenvalue weighted by Crippen LogP contribution is -2.28. The van der Waals surface area contributed by atoms with Crippen LogP contribution in [0.3, 0.4) is 0 Å². The number of halogens is 4. The molecule has 2 N–H and O–H groups in total. The van der Waals surface area contributed by atoms with Crippen LogP contribution >= 0.6 is 0 Å². The normalized spacial score (nSPS) is 11.6. The number of para-hydroxylation sites is 1. The van der Waals surface area contributed by atoms with E-state index in [9.17, 15) is 27.2 Å². The van der Waals surface area contributed by atoms with E-state index >= 15 is 0 Å². The number of nitrogens with one attached hydrogen (secondary N) is 2. The van der Waals surface area contributed by atoms with Gasteiger partial charge in [0.1, 0.15) is 23.3 Å². The summed E-state index contributed by atoms with van der Waals surface area (Å²) >= 11 is 0. The van der Waals surface area contributed by atoms with Gasteiger partial charge in [0.25, 0.3) is 11.8 Å². The number of hydrogen-bond donors (Lipinski definition) is 2. The molecule has 0 aliphatic heterocycles. The first-order valence-electron chi connectivity index (χ1n) is 8.86. The molecule has 0 radical (unpaired) electrons. The van der Waals surface area contributed by atoms with E-state index in [4.69, 9.17) is 0 Å². The summed E-state index contributed by atoms with van der Waals surface area (Å²) in [7, 11) is 0. The van der Waals surface area contributed by atoms with Crippen LogP contribution in [0.2, 0.25) is 0 Å². The van der Waals surface area contributed by atoms with Gasteiger partial charge in [-0.05, 0) is 42.8 Å². The van der Waals surface area contributed by atoms with Crippen molar-refractivity contribution in [3.05, 3.63) is 101 Å². The molecule has 0 spiro atoms. The van der Waals surface area contributed by atoms with Crippen LogP contribution < -0.4 is 10.6 Å². The number of benzene rings is 3. The van der Waals surface area contributed by atoms with Gasteiger partial charge in [-0.3, -0.25) is 9.59 Å². The maximum Gasteiger partial charge on any atom is 0.255 e. The molecule has 154 valence electrons. The molecule has 0 aliphatic rings. The average Bonchev–Trinajstić information content (AvgIpc) is 2.66. The van der Waals surface area contributed by atoms with Gasteiger partial charge >= 0.3 is 0 Å². The summed E-state index contributed by atoms with van der Waals surface area (Å²) in [6.45, 7) is 1.61. The first kappa shape index (κ1) is 21.0. The fraction of sp³-hybridized carbons (Fsp3) is 0.0909. The number of amides is 2. The molecule has 0 saturated carbocycles. The van der Waals surface area contributed by atoms with Gasteiger partial charge in [-0.1, -0.05) is 18.2 Å².